The summed E-state index contributed by atoms with van der Waals surface area (Å²) in [6.45, 7) is 6.83. The van der Waals surface area contributed by atoms with E-state index in [0.29, 0.717) is 11.7 Å². The number of benzene rings is 1. The smallest absolute Gasteiger partial charge is 0.307 e. The summed E-state index contributed by atoms with van der Waals surface area (Å²) in [7, 11) is 1.41. The van der Waals surface area contributed by atoms with Gasteiger partial charge in [-0.2, -0.15) is 0 Å². The van der Waals surface area contributed by atoms with Gasteiger partial charge in [-0.3, -0.25) is 9.78 Å². The van der Waals surface area contributed by atoms with Crippen LogP contribution in [0.25, 0.3) is 5.69 Å². The second kappa shape index (κ2) is 9.12. The van der Waals surface area contributed by atoms with Crippen LogP contribution in [0.15, 0.2) is 54.7 Å². The molecule has 1 fully saturated rings. The highest BCUT2D eigenvalue weighted by molar-refractivity contribution is 7.80. The van der Waals surface area contributed by atoms with Crippen LogP contribution in [0.5, 0.6) is 0 Å². The van der Waals surface area contributed by atoms with Crippen LogP contribution in [0.1, 0.15) is 46.7 Å². The van der Waals surface area contributed by atoms with Gasteiger partial charge >= 0.3 is 5.97 Å². The lowest BCUT2D eigenvalue weighted by atomic mass is 9.96. The Labute approximate surface area is 194 Å². The molecule has 0 aliphatic carbocycles. The summed E-state index contributed by atoms with van der Waals surface area (Å²) < 4.78 is 7.14. The van der Waals surface area contributed by atoms with Gasteiger partial charge in [-0.25, -0.2) is 0 Å². The zero-order valence-corrected chi connectivity index (χ0v) is 19.6. The average Bonchev–Trinajstić information content (AvgIpc) is 3.27. The molecule has 7 heteroatoms. The number of aromatic nitrogens is 2. The van der Waals surface area contributed by atoms with Gasteiger partial charge in [0.25, 0.3) is 0 Å². The number of ether oxygens (including phenoxy) is 1. The summed E-state index contributed by atoms with van der Waals surface area (Å²) in [6.07, 6.45) is 2.06. The maximum Gasteiger partial charge on any atom is 0.307 e. The molecule has 1 aliphatic rings. The molecule has 0 saturated carbocycles. The number of rotatable bonds is 6. The number of methoxy groups -OCH3 is 1. The van der Waals surface area contributed by atoms with Crippen LogP contribution in [-0.4, -0.2) is 39.2 Å². The summed E-state index contributed by atoms with van der Waals surface area (Å²) in [5, 5.41) is 4.07. The minimum atomic E-state index is -0.252. The van der Waals surface area contributed by atoms with Crippen LogP contribution in [0.3, 0.4) is 0 Å². The van der Waals surface area contributed by atoms with Crippen molar-refractivity contribution < 1.29 is 9.53 Å². The molecule has 0 unspecified atom stereocenters. The first-order chi connectivity index (χ1) is 15.4. The average molecular weight is 449 g/mol. The third-order valence-corrected chi connectivity index (χ3v) is 6.38. The maximum absolute atomic E-state index is 11.9. The van der Waals surface area contributed by atoms with Crippen molar-refractivity contribution in [3.8, 4) is 5.69 Å². The highest BCUT2D eigenvalue weighted by Crippen LogP contribution is 2.41. The van der Waals surface area contributed by atoms with E-state index in [1.807, 2.05) is 18.2 Å². The molecule has 1 aliphatic heterocycles. The summed E-state index contributed by atoms with van der Waals surface area (Å²) in [5.74, 6) is -0.252. The van der Waals surface area contributed by atoms with E-state index in [9.17, 15) is 4.79 Å². The van der Waals surface area contributed by atoms with Gasteiger partial charge in [0, 0.05) is 29.8 Å². The summed E-state index contributed by atoms with van der Waals surface area (Å²) in [4.78, 5) is 18.6. The van der Waals surface area contributed by atoms with Crippen molar-refractivity contribution in [2.24, 2.45) is 0 Å². The molecule has 32 heavy (non-hydrogen) atoms. The van der Waals surface area contributed by atoms with Crippen LogP contribution in [-0.2, 0) is 9.53 Å². The van der Waals surface area contributed by atoms with Gasteiger partial charge in [0.15, 0.2) is 5.11 Å². The molecule has 6 nitrogen and oxygen atoms in total. The Kier molecular flexibility index (Phi) is 6.28. The molecule has 2 aromatic heterocycles. The molecule has 0 radical (unpaired) electrons. The third-order valence-electron chi connectivity index (χ3n) is 6.03. The number of esters is 1. The van der Waals surface area contributed by atoms with E-state index in [-0.39, 0.29) is 24.5 Å². The molecule has 1 saturated heterocycles. The van der Waals surface area contributed by atoms with E-state index in [2.05, 4.69) is 70.9 Å². The van der Waals surface area contributed by atoms with E-state index in [1.54, 1.807) is 6.20 Å². The highest BCUT2D eigenvalue weighted by atomic mass is 32.1. The Morgan fingerprint density at radius 1 is 1.16 bits per heavy atom. The quantitative estimate of drug-likeness (QED) is 0.447. The SMILES string of the molecule is COC(=O)CCN1C(=S)N[C@H](c2ccccn2)[C@H]1c1cc(C)n(-c2cccc(C)c2)c1C. The fraction of sp³-hybridized carbons (Fsp3) is 0.320. The molecule has 3 heterocycles. The summed E-state index contributed by atoms with van der Waals surface area (Å²) >= 11 is 5.70. The highest BCUT2D eigenvalue weighted by Gasteiger charge is 2.41. The van der Waals surface area contributed by atoms with E-state index in [1.165, 1.54) is 12.7 Å². The van der Waals surface area contributed by atoms with E-state index >= 15 is 0 Å². The van der Waals surface area contributed by atoms with Crippen molar-refractivity contribution in [1.29, 1.82) is 0 Å². The molecule has 0 spiro atoms. The van der Waals surface area contributed by atoms with Crippen molar-refractivity contribution in [1.82, 2.24) is 19.8 Å². The van der Waals surface area contributed by atoms with Crippen molar-refractivity contribution >= 4 is 23.3 Å². The first kappa shape index (κ1) is 22.0. The second-order valence-corrected chi connectivity index (χ2v) is 8.53. The van der Waals surface area contributed by atoms with Crippen molar-refractivity contribution in [3.63, 3.8) is 0 Å². The molecular weight excluding hydrogens is 420 g/mol. The Hall–Kier alpha value is -3.19. The number of pyridine rings is 1. The lowest BCUT2D eigenvalue weighted by Crippen LogP contribution is -2.32. The number of nitrogens with zero attached hydrogens (tertiary/aromatic N) is 3. The van der Waals surface area contributed by atoms with Gasteiger partial charge in [-0.1, -0.05) is 18.2 Å². The van der Waals surface area contributed by atoms with Crippen LogP contribution in [0.4, 0.5) is 0 Å². The van der Waals surface area contributed by atoms with Gasteiger partial charge in [0.05, 0.1) is 31.3 Å². The standard InChI is InChI=1S/C25H28N4O2S/c1-16-8-7-9-19(14-16)29-17(2)15-20(18(29)3)24-23(21-10-5-6-12-26-21)27-25(32)28(24)13-11-22(30)31-4/h5-10,12,14-15,23-24H,11,13H2,1-4H3,(H,27,32)/t23-,24-/m1/s1. The minimum absolute atomic E-state index is 0.0909. The molecule has 0 bridgehead atoms. The number of nitrogens with one attached hydrogen (secondary N) is 1. The Bertz CT molecular complexity index is 1140. The molecule has 166 valence electrons. The second-order valence-electron chi connectivity index (χ2n) is 8.15. The Balaban J connectivity index is 1.80. The van der Waals surface area contributed by atoms with Crippen molar-refractivity contribution in [2.45, 2.75) is 39.3 Å². The molecule has 0 amide bonds. The third kappa shape index (κ3) is 4.12. The van der Waals surface area contributed by atoms with Crippen LogP contribution in [0.2, 0.25) is 0 Å². The predicted molar refractivity (Wildman–Crippen MR) is 129 cm³/mol. The number of carbonyl (C=O) groups is 1. The van der Waals surface area contributed by atoms with Crippen LogP contribution < -0.4 is 5.32 Å². The minimum Gasteiger partial charge on any atom is -0.469 e. The van der Waals surface area contributed by atoms with E-state index < -0.39 is 0 Å². The zero-order valence-electron chi connectivity index (χ0n) is 18.8. The topological polar surface area (TPSA) is 59.4 Å². The maximum atomic E-state index is 11.9. The van der Waals surface area contributed by atoms with Crippen LogP contribution in [0, 0.1) is 20.8 Å². The Morgan fingerprint density at radius 2 is 1.97 bits per heavy atom. The monoisotopic (exact) mass is 448 g/mol. The van der Waals surface area contributed by atoms with Gasteiger partial charge in [0.1, 0.15) is 0 Å². The summed E-state index contributed by atoms with van der Waals surface area (Å²) in [6, 6.07) is 16.4. The Morgan fingerprint density at radius 3 is 2.66 bits per heavy atom. The van der Waals surface area contributed by atoms with Gasteiger partial charge in [0.2, 0.25) is 0 Å². The van der Waals surface area contributed by atoms with Gasteiger partial charge in [-0.15, -0.1) is 0 Å². The largest absolute Gasteiger partial charge is 0.469 e. The number of hydrogen-bond acceptors (Lipinski definition) is 4. The van der Waals surface area contributed by atoms with Gasteiger partial charge in [-0.05, 0) is 74.4 Å². The van der Waals surface area contributed by atoms with Gasteiger partial charge < -0.3 is 19.5 Å². The molecule has 1 N–H and O–H groups in total. The predicted octanol–water partition coefficient (Wildman–Crippen LogP) is 4.33. The first-order valence-electron chi connectivity index (χ1n) is 10.7. The first-order valence-corrected chi connectivity index (χ1v) is 11.1. The number of carbonyl (C=O) groups excluding carboxylic acids is 1. The van der Waals surface area contributed by atoms with Crippen LogP contribution >= 0.6 is 12.2 Å². The zero-order chi connectivity index (χ0) is 22.8. The normalized spacial score (nSPS) is 18.0. The number of aryl methyl sites for hydroxylation is 2. The number of hydrogen-bond donors (Lipinski definition) is 1. The van der Waals surface area contributed by atoms with E-state index in [4.69, 9.17) is 17.0 Å². The molecular formula is C25H28N4O2S. The van der Waals surface area contributed by atoms with E-state index in [0.717, 1.165) is 28.3 Å². The fourth-order valence-corrected chi connectivity index (χ4v) is 4.88. The molecule has 4 rings (SSSR count). The summed E-state index contributed by atoms with van der Waals surface area (Å²) in [5.41, 5.74) is 6.72. The molecule has 1 aromatic carbocycles. The number of thiocarbonyl (C=S) groups is 1. The fourth-order valence-electron chi connectivity index (χ4n) is 4.55. The molecule has 3 aromatic rings. The van der Waals surface area contributed by atoms with Crippen molar-refractivity contribution in [3.05, 3.63) is 82.9 Å². The molecule has 2 atom stereocenters. The lowest BCUT2D eigenvalue weighted by Gasteiger charge is -2.28. The van der Waals surface area contributed by atoms with Crippen molar-refractivity contribution in [2.75, 3.05) is 13.7 Å². The lowest BCUT2D eigenvalue weighted by molar-refractivity contribution is -0.140.